The van der Waals surface area contributed by atoms with E-state index in [4.69, 9.17) is 9.84 Å². The van der Waals surface area contributed by atoms with Gasteiger partial charge in [0.2, 0.25) is 5.91 Å². The van der Waals surface area contributed by atoms with Crippen molar-refractivity contribution in [2.45, 2.75) is 25.0 Å². The molecule has 3 aromatic rings. The third-order valence-corrected chi connectivity index (χ3v) is 6.35. The number of β-lactam (4-membered cyclic amide) rings is 1. The largest absolute Gasteiger partial charge is 0.484 e. The minimum Gasteiger partial charge on any atom is -0.484 e. The fraction of sp³-hybridized carbons (Fsp3) is 0.250. The van der Waals surface area contributed by atoms with Gasteiger partial charge in [-0.1, -0.05) is 24.3 Å². The molecule has 0 aromatic heterocycles. The number of aliphatic carboxylic acids is 1. The zero-order chi connectivity index (χ0) is 27.2. The number of carboxylic acids is 1. The van der Waals surface area contributed by atoms with Gasteiger partial charge in [-0.3, -0.25) is 14.4 Å². The van der Waals surface area contributed by atoms with Crippen LogP contribution in [-0.2, 0) is 14.4 Å². The number of halogens is 2. The number of hydrogen-bond donors (Lipinski definition) is 3. The van der Waals surface area contributed by atoms with E-state index in [0.717, 1.165) is 5.56 Å². The summed E-state index contributed by atoms with van der Waals surface area (Å²) in [5.41, 5.74) is 1.86. The molecule has 3 unspecified atom stereocenters. The fourth-order valence-electron chi connectivity index (χ4n) is 4.43. The summed E-state index contributed by atoms with van der Waals surface area (Å²) >= 11 is 0. The Hall–Kier alpha value is -4.31. The predicted molar refractivity (Wildman–Crippen MR) is 133 cm³/mol. The van der Waals surface area contributed by atoms with Gasteiger partial charge in [-0.15, -0.1) is 0 Å². The van der Waals surface area contributed by atoms with Crippen LogP contribution >= 0.6 is 0 Å². The van der Waals surface area contributed by atoms with Crippen LogP contribution in [0.3, 0.4) is 0 Å². The summed E-state index contributed by atoms with van der Waals surface area (Å²) in [4.78, 5) is 37.0. The molecule has 10 heteroatoms. The molecule has 0 saturated carbocycles. The number of aliphatic hydroxyl groups excluding tert-OH is 1. The van der Waals surface area contributed by atoms with Crippen molar-refractivity contribution in [1.82, 2.24) is 5.32 Å². The molecule has 4 rings (SSSR count). The molecule has 3 aromatic carbocycles. The second-order valence-electron chi connectivity index (χ2n) is 8.91. The van der Waals surface area contributed by atoms with Gasteiger partial charge in [-0.25, -0.2) is 8.78 Å². The van der Waals surface area contributed by atoms with Crippen molar-refractivity contribution >= 4 is 23.5 Å². The van der Waals surface area contributed by atoms with Crippen molar-refractivity contribution < 1.29 is 38.1 Å². The van der Waals surface area contributed by atoms with Crippen LogP contribution < -0.4 is 15.0 Å². The molecule has 0 aliphatic carbocycles. The maximum Gasteiger partial charge on any atom is 0.322 e. The average molecular weight is 525 g/mol. The second kappa shape index (κ2) is 11.8. The Morgan fingerprint density at radius 2 is 1.55 bits per heavy atom. The molecule has 1 aliphatic heterocycles. The molecule has 8 nitrogen and oxygen atoms in total. The number of rotatable bonds is 11. The SMILES string of the molecule is O=C(O)CNC(=O)COc1ccc(C2C(CCC(O)c3ccc(F)cc3)C(=O)N2c2ccc(F)cc2)cc1. The van der Waals surface area contributed by atoms with Gasteiger partial charge in [-0.05, 0) is 72.5 Å². The zero-order valence-corrected chi connectivity index (χ0v) is 20.2. The topological polar surface area (TPSA) is 116 Å². The minimum absolute atomic E-state index is 0.164. The Labute approximate surface area is 217 Å². The number of hydrogen-bond acceptors (Lipinski definition) is 5. The highest BCUT2D eigenvalue weighted by Crippen LogP contribution is 2.46. The Balaban J connectivity index is 1.47. The van der Waals surface area contributed by atoms with Crippen LogP contribution in [0, 0.1) is 17.6 Å². The summed E-state index contributed by atoms with van der Waals surface area (Å²) < 4.78 is 32.1. The summed E-state index contributed by atoms with van der Waals surface area (Å²) in [7, 11) is 0. The summed E-state index contributed by atoms with van der Waals surface area (Å²) in [6.45, 7) is -0.868. The Kier molecular flexibility index (Phi) is 8.32. The molecular weight excluding hydrogens is 498 g/mol. The Morgan fingerprint density at radius 3 is 2.16 bits per heavy atom. The highest BCUT2D eigenvalue weighted by molar-refractivity contribution is 6.03. The molecule has 0 bridgehead atoms. The highest BCUT2D eigenvalue weighted by Gasteiger charge is 2.48. The van der Waals surface area contributed by atoms with Gasteiger partial charge < -0.3 is 25.2 Å². The van der Waals surface area contributed by atoms with Gasteiger partial charge in [0.15, 0.2) is 6.61 Å². The molecule has 2 amide bonds. The van der Waals surface area contributed by atoms with Crippen molar-refractivity contribution in [3.8, 4) is 5.75 Å². The molecule has 1 fully saturated rings. The van der Waals surface area contributed by atoms with Crippen molar-refractivity contribution in [3.63, 3.8) is 0 Å². The van der Waals surface area contributed by atoms with Gasteiger partial charge in [0.25, 0.3) is 5.91 Å². The monoisotopic (exact) mass is 524 g/mol. The van der Waals surface area contributed by atoms with E-state index in [-0.39, 0.29) is 25.0 Å². The van der Waals surface area contributed by atoms with E-state index in [1.807, 2.05) is 0 Å². The van der Waals surface area contributed by atoms with Crippen molar-refractivity contribution in [2.24, 2.45) is 5.92 Å². The van der Waals surface area contributed by atoms with Crippen LogP contribution in [0.1, 0.15) is 36.1 Å². The molecule has 0 spiro atoms. The van der Waals surface area contributed by atoms with Crippen LogP contribution in [0.15, 0.2) is 72.8 Å². The number of carbonyl (C=O) groups is 3. The first-order valence-electron chi connectivity index (χ1n) is 12.0. The number of aliphatic hydroxyl groups is 1. The van der Waals surface area contributed by atoms with Crippen molar-refractivity contribution in [1.29, 1.82) is 0 Å². The van der Waals surface area contributed by atoms with Crippen LogP contribution in [0.5, 0.6) is 5.75 Å². The molecule has 1 aliphatic rings. The number of benzene rings is 3. The third-order valence-electron chi connectivity index (χ3n) is 6.35. The number of carbonyl (C=O) groups excluding carboxylic acids is 2. The van der Waals surface area contributed by atoms with Gasteiger partial charge in [-0.2, -0.15) is 0 Å². The normalized spacial score (nSPS) is 17.4. The molecule has 38 heavy (non-hydrogen) atoms. The van der Waals surface area contributed by atoms with Gasteiger partial charge >= 0.3 is 5.97 Å². The van der Waals surface area contributed by atoms with Crippen LogP contribution in [-0.4, -0.2) is 41.1 Å². The molecule has 1 heterocycles. The number of anilines is 1. The predicted octanol–water partition coefficient (Wildman–Crippen LogP) is 3.76. The smallest absolute Gasteiger partial charge is 0.322 e. The molecular formula is C28H26F2N2O6. The number of ether oxygens (including phenoxy) is 1. The molecule has 198 valence electrons. The number of carboxylic acid groups (broad SMARTS) is 1. The average Bonchev–Trinajstić information content (AvgIpc) is 2.91. The lowest BCUT2D eigenvalue weighted by Gasteiger charge is -2.48. The number of nitrogens with zero attached hydrogens (tertiary/aromatic N) is 1. The van der Waals surface area contributed by atoms with Crippen molar-refractivity contribution in [2.75, 3.05) is 18.1 Å². The van der Waals surface area contributed by atoms with Crippen molar-refractivity contribution in [3.05, 3.63) is 95.6 Å². The molecule has 1 saturated heterocycles. The summed E-state index contributed by atoms with van der Waals surface area (Å²) in [5.74, 6) is -2.82. The molecule has 3 N–H and O–H groups in total. The van der Waals surface area contributed by atoms with Gasteiger partial charge in [0.1, 0.15) is 23.9 Å². The quantitative estimate of drug-likeness (QED) is 0.329. The highest BCUT2D eigenvalue weighted by atomic mass is 19.1. The number of amides is 2. The van der Waals surface area contributed by atoms with E-state index < -0.39 is 42.1 Å². The second-order valence-corrected chi connectivity index (χ2v) is 8.91. The van der Waals surface area contributed by atoms with Gasteiger partial charge in [0.05, 0.1) is 18.1 Å². The van der Waals surface area contributed by atoms with E-state index in [1.165, 1.54) is 48.5 Å². The summed E-state index contributed by atoms with van der Waals surface area (Å²) in [6.07, 6.45) is -0.226. The number of nitrogens with one attached hydrogen (secondary N) is 1. The Morgan fingerprint density at radius 1 is 0.947 bits per heavy atom. The summed E-state index contributed by atoms with van der Waals surface area (Å²) in [5, 5.41) is 21.4. The van der Waals surface area contributed by atoms with E-state index in [9.17, 15) is 28.3 Å². The van der Waals surface area contributed by atoms with E-state index in [2.05, 4.69) is 5.32 Å². The minimum atomic E-state index is -1.16. The van der Waals surface area contributed by atoms with E-state index in [1.54, 1.807) is 29.2 Å². The standard InChI is InChI=1S/C28H26F2N2O6/c29-19-5-1-17(2-6-19)24(33)14-13-23-27(32(28(23)37)21-9-7-20(30)8-10-21)18-3-11-22(12-4-18)38-16-25(34)31-15-26(35)36/h1-12,23-24,27,33H,13-16H2,(H,31,34)(H,35,36). The zero-order valence-electron chi connectivity index (χ0n) is 20.2. The van der Waals surface area contributed by atoms with Crippen LogP contribution in [0.2, 0.25) is 0 Å². The molecule has 0 radical (unpaired) electrons. The summed E-state index contributed by atoms with van der Waals surface area (Å²) in [6, 6.07) is 17.5. The third kappa shape index (κ3) is 6.33. The lowest BCUT2D eigenvalue weighted by Crippen LogP contribution is -2.55. The van der Waals surface area contributed by atoms with Crippen LogP contribution in [0.25, 0.3) is 0 Å². The van der Waals surface area contributed by atoms with Gasteiger partial charge in [0, 0.05) is 5.69 Å². The van der Waals surface area contributed by atoms with Crippen LogP contribution in [0.4, 0.5) is 14.5 Å². The lowest BCUT2D eigenvalue weighted by atomic mass is 9.78. The Bertz CT molecular complexity index is 1280. The maximum absolute atomic E-state index is 13.5. The van der Waals surface area contributed by atoms with E-state index in [0.29, 0.717) is 23.4 Å². The van der Waals surface area contributed by atoms with E-state index >= 15 is 0 Å². The fourth-order valence-corrected chi connectivity index (χ4v) is 4.43. The molecule has 3 atom stereocenters. The first kappa shape index (κ1) is 26.7. The first-order chi connectivity index (χ1) is 18.2. The first-order valence-corrected chi connectivity index (χ1v) is 12.0. The lowest BCUT2D eigenvalue weighted by molar-refractivity contribution is -0.138. The maximum atomic E-state index is 13.5.